The molecule has 7 nitrogen and oxygen atoms in total. The van der Waals surface area contributed by atoms with Crippen LogP contribution in [0, 0.1) is 24.2 Å². The molecule has 0 radical (unpaired) electrons. The van der Waals surface area contributed by atoms with E-state index in [9.17, 15) is 10.1 Å². The van der Waals surface area contributed by atoms with Crippen LogP contribution in [0.3, 0.4) is 0 Å². The molecule has 0 bridgehead atoms. The summed E-state index contributed by atoms with van der Waals surface area (Å²) in [5.74, 6) is 0.930. The van der Waals surface area contributed by atoms with Crippen LogP contribution in [0.4, 0.5) is 5.82 Å². The smallest absolute Gasteiger partial charge is 0.245 e. The lowest BCUT2D eigenvalue weighted by atomic mass is 10.0. The number of rotatable bonds is 4. The minimum absolute atomic E-state index is 0.0721. The summed E-state index contributed by atoms with van der Waals surface area (Å²) in [4.78, 5) is 19.8. The average Bonchev–Trinajstić information content (AvgIpc) is 3.11. The van der Waals surface area contributed by atoms with Gasteiger partial charge in [-0.15, -0.1) is 0 Å². The van der Waals surface area contributed by atoms with Gasteiger partial charge in [-0.25, -0.2) is 4.98 Å². The maximum absolute atomic E-state index is 13.2. The number of hydrogen-bond donors (Lipinski definition) is 1. The summed E-state index contributed by atoms with van der Waals surface area (Å²) in [6.45, 7) is 8.34. The summed E-state index contributed by atoms with van der Waals surface area (Å²) in [5.41, 5.74) is 3.71. The molecule has 1 aliphatic rings. The number of anilines is 1. The molecule has 7 heteroatoms. The molecule has 2 aromatic heterocycles. The van der Waals surface area contributed by atoms with Gasteiger partial charge in [-0.3, -0.25) is 9.20 Å². The quantitative estimate of drug-likeness (QED) is 0.739. The van der Waals surface area contributed by atoms with Crippen LogP contribution in [0.2, 0.25) is 0 Å². The van der Waals surface area contributed by atoms with Crippen LogP contribution >= 0.6 is 0 Å². The van der Waals surface area contributed by atoms with Crippen molar-refractivity contribution in [3.05, 3.63) is 41.5 Å². The Morgan fingerprint density at radius 2 is 2.00 bits per heavy atom. The Labute approximate surface area is 169 Å². The zero-order valence-electron chi connectivity index (χ0n) is 17.0. The van der Waals surface area contributed by atoms with Gasteiger partial charge in [0, 0.05) is 13.1 Å². The molecule has 0 spiro atoms. The summed E-state index contributed by atoms with van der Waals surface area (Å²) in [6.07, 6.45) is 0. The normalized spacial score (nSPS) is 15.6. The molecule has 1 aromatic carbocycles. The van der Waals surface area contributed by atoms with Crippen LogP contribution in [0.1, 0.15) is 25.0 Å². The van der Waals surface area contributed by atoms with Crippen molar-refractivity contribution in [2.24, 2.45) is 5.92 Å². The van der Waals surface area contributed by atoms with E-state index >= 15 is 0 Å². The summed E-state index contributed by atoms with van der Waals surface area (Å²) >= 11 is 0. The molecule has 1 fully saturated rings. The number of nitrogens with zero attached hydrogens (tertiary/aromatic N) is 4. The van der Waals surface area contributed by atoms with E-state index in [-0.39, 0.29) is 17.9 Å². The van der Waals surface area contributed by atoms with E-state index in [4.69, 9.17) is 4.74 Å². The third-order valence-electron chi connectivity index (χ3n) is 5.44. The number of nitrogens with one attached hydrogen (secondary N) is 1. The SMILES string of the molecule is Cc1cc(NC(C(=O)N2CCOCC2)C(C)C)n2c(nc3ccccc32)c1C#N. The van der Waals surface area contributed by atoms with E-state index in [0.717, 1.165) is 22.4 Å². The summed E-state index contributed by atoms with van der Waals surface area (Å²) in [7, 11) is 0. The van der Waals surface area contributed by atoms with E-state index in [1.165, 1.54) is 0 Å². The first kappa shape index (κ1) is 19.2. The Hall–Kier alpha value is -3.11. The molecule has 150 valence electrons. The molecule has 0 saturated carbocycles. The highest BCUT2D eigenvalue weighted by Gasteiger charge is 2.29. The number of carbonyl (C=O) groups is 1. The number of para-hydroxylation sites is 2. The average molecular weight is 391 g/mol. The zero-order chi connectivity index (χ0) is 20.5. The predicted molar refractivity (Wildman–Crippen MR) is 112 cm³/mol. The Morgan fingerprint density at radius 1 is 1.28 bits per heavy atom. The molecule has 29 heavy (non-hydrogen) atoms. The van der Waals surface area contributed by atoms with Crippen molar-refractivity contribution in [3.63, 3.8) is 0 Å². The first-order valence-electron chi connectivity index (χ1n) is 9.95. The van der Waals surface area contributed by atoms with Gasteiger partial charge < -0.3 is 15.0 Å². The second kappa shape index (κ2) is 7.72. The third-order valence-corrected chi connectivity index (χ3v) is 5.44. The van der Waals surface area contributed by atoms with E-state index in [0.29, 0.717) is 37.5 Å². The van der Waals surface area contributed by atoms with E-state index in [2.05, 4.69) is 16.4 Å². The number of pyridine rings is 1. The lowest BCUT2D eigenvalue weighted by molar-refractivity contribution is -0.137. The standard InChI is InChI=1S/C22H25N5O2/c1-14(2)20(22(28)26-8-10-29-11-9-26)25-19-12-15(3)16(13-23)21-24-17-6-4-5-7-18(17)27(19)21/h4-7,12,14,20,25H,8-11H2,1-3H3. The van der Waals surface area contributed by atoms with Crippen molar-refractivity contribution >= 4 is 28.4 Å². The van der Waals surface area contributed by atoms with Gasteiger partial charge in [-0.05, 0) is 36.6 Å². The molecule has 3 aromatic rings. The van der Waals surface area contributed by atoms with E-state index in [1.807, 2.05) is 60.4 Å². The topological polar surface area (TPSA) is 82.7 Å². The minimum atomic E-state index is -0.384. The molecule has 1 unspecified atom stereocenters. The maximum atomic E-state index is 13.2. The van der Waals surface area contributed by atoms with Crippen molar-refractivity contribution in [1.82, 2.24) is 14.3 Å². The van der Waals surface area contributed by atoms with Crippen molar-refractivity contribution in [2.75, 3.05) is 31.6 Å². The molecule has 1 N–H and O–H groups in total. The zero-order valence-corrected chi connectivity index (χ0v) is 17.0. The Bertz CT molecular complexity index is 1110. The fourth-order valence-electron chi connectivity index (χ4n) is 3.85. The van der Waals surface area contributed by atoms with Crippen LogP contribution in [0.15, 0.2) is 30.3 Å². The van der Waals surface area contributed by atoms with Gasteiger partial charge >= 0.3 is 0 Å². The highest BCUT2D eigenvalue weighted by atomic mass is 16.5. The second-order valence-corrected chi connectivity index (χ2v) is 7.76. The third kappa shape index (κ3) is 3.40. The van der Waals surface area contributed by atoms with Crippen molar-refractivity contribution in [1.29, 1.82) is 5.26 Å². The van der Waals surface area contributed by atoms with Gasteiger partial charge in [-0.1, -0.05) is 26.0 Å². The predicted octanol–water partition coefficient (Wildman–Crippen LogP) is 2.96. The number of fused-ring (bicyclic) bond motifs is 3. The van der Waals surface area contributed by atoms with Crippen LogP contribution in [0.5, 0.6) is 0 Å². The monoisotopic (exact) mass is 391 g/mol. The number of morpholine rings is 1. The number of ether oxygens (including phenoxy) is 1. The van der Waals surface area contributed by atoms with Gasteiger partial charge in [0.1, 0.15) is 17.9 Å². The highest BCUT2D eigenvalue weighted by Crippen LogP contribution is 2.28. The van der Waals surface area contributed by atoms with Crippen LogP contribution < -0.4 is 5.32 Å². The number of aromatic nitrogens is 2. The Morgan fingerprint density at radius 3 is 2.69 bits per heavy atom. The molecule has 1 aliphatic heterocycles. The van der Waals surface area contributed by atoms with Crippen LogP contribution in [0.25, 0.3) is 16.7 Å². The van der Waals surface area contributed by atoms with Crippen molar-refractivity contribution in [3.8, 4) is 6.07 Å². The molecular formula is C22H25N5O2. The molecular weight excluding hydrogens is 366 g/mol. The largest absolute Gasteiger partial charge is 0.378 e. The van der Waals surface area contributed by atoms with Crippen molar-refractivity contribution in [2.45, 2.75) is 26.8 Å². The van der Waals surface area contributed by atoms with Crippen LogP contribution in [-0.4, -0.2) is 52.5 Å². The van der Waals surface area contributed by atoms with Crippen LogP contribution in [-0.2, 0) is 9.53 Å². The summed E-state index contributed by atoms with van der Waals surface area (Å²) < 4.78 is 7.34. The van der Waals surface area contributed by atoms with E-state index in [1.54, 1.807) is 0 Å². The molecule has 3 heterocycles. The molecule has 1 atom stereocenters. The lowest BCUT2D eigenvalue weighted by Gasteiger charge is -2.33. The molecule has 0 aliphatic carbocycles. The minimum Gasteiger partial charge on any atom is -0.378 e. The van der Waals surface area contributed by atoms with E-state index < -0.39 is 0 Å². The number of amides is 1. The number of nitriles is 1. The fourth-order valence-corrected chi connectivity index (χ4v) is 3.85. The number of benzene rings is 1. The summed E-state index contributed by atoms with van der Waals surface area (Å²) in [6, 6.07) is 11.6. The number of carbonyl (C=O) groups excluding carboxylic acids is 1. The molecule has 4 rings (SSSR count). The first-order chi connectivity index (χ1) is 14.0. The first-order valence-corrected chi connectivity index (χ1v) is 9.95. The Kier molecular flexibility index (Phi) is 5.12. The number of imidazole rings is 1. The van der Waals surface area contributed by atoms with Gasteiger partial charge in [0.15, 0.2) is 5.65 Å². The Balaban J connectivity index is 1.82. The second-order valence-electron chi connectivity index (χ2n) is 7.76. The number of hydrogen-bond acceptors (Lipinski definition) is 5. The molecule has 1 saturated heterocycles. The maximum Gasteiger partial charge on any atom is 0.245 e. The van der Waals surface area contributed by atoms with Gasteiger partial charge in [0.25, 0.3) is 0 Å². The summed E-state index contributed by atoms with van der Waals surface area (Å²) in [5, 5.41) is 13.1. The molecule has 1 amide bonds. The van der Waals surface area contributed by atoms with Crippen molar-refractivity contribution < 1.29 is 9.53 Å². The fraction of sp³-hybridized carbons (Fsp3) is 0.409. The lowest BCUT2D eigenvalue weighted by Crippen LogP contribution is -2.50. The van der Waals surface area contributed by atoms with Gasteiger partial charge in [-0.2, -0.15) is 5.26 Å². The number of aryl methyl sites for hydroxylation is 1. The van der Waals surface area contributed by atoms with Gasteiger partial charge in [0.2, 0.25) is 5.91 Å². The highest BCUT2D eigenvalue weighted by molar-refractivity contribution is 5.88. The van der Waals surface area contributed by atoms with Gasteiger partial charge in [0.05, 0.1) is 29.8 Å².